The maximum Gasteiger partial charge on any atom is 0.243 e. The number of carbonyl (C=O) groups excluding carboxylic acids is 1. The summed E-state index contributed by atoms with van der Waals surface area (Å²) in [6, 6.07) is 0. The van der Waals surface area contributed by atoms with Crippen LogP contribution in [0.3, 0.4) is 0 Å². The highest BCUT2D eigenvalue weighted by Gasteiger charge is 2.11. The summed E-state index contributed by atoms with van der Waals surface area (Å²) in [6.45, 7) is 12.3. The van der Waals surface area contributed by atoms with Gasteiger partial charge in [0.1, 0.15) is 6.54 Å². The molecule has 0 radical (unpaired) electrons. The molecule has 1 N–H and O–H groups in total. The zero-order valence-electron chi connectivity index (χ0n) is 15.7. The van der Waals surface area contributed by atoms with Gasteiger partial charge in [0, 0.05) is 47.3 Å². The third-order valence-corrected chi connectivity index (χ3v) is 3.77. The van der Waals surface area contributed by atoms with Crippen LogP contribution < -0.4 is 5.32 Å². The summed E-state index contributed by atoms with van der Waals surface area (Å²) in [5.41, 5.74) is 1.05. The number of ether oxygens (including phenoxy) is 1. The fourth-order valence-electron chi connectivity index (χ4n) is 2.40. The van der Waals surface area contributed by atoms with Gasteiger partial charge in [-0.15, -0.1) is 0 Å². The average Bonchev–Trinajstić information content (AvgIpc) is 2.53. The molecule has 0 spiro atoms. The molecule has 1 aliphatic heterocycles. The Labute approximate surface area is 146 Å². The van der Waals surface area contributed by atoms with Crippen molar-refractivity contribution in [1.82, 2.24) is 20.0 Å². The molecular weight excluding hydrogens is 306 g/mol. The lowest BCUT2D eigenvalue weighted by molar-refractivity contribution is -0.127. The molecule has 0 unspecified atom stereocenters. The van der Waals surface area contributed by atoms with Crippen LogP contribution in [0.15, 0.2) is 17.1 Å². The summed E-state index contributed by atoms with van der Waals surface area (Å²) in [5.74, 6) is 0.738. The Morgan fingerprint density at radius 1 is 1.29 bits per heavy atom. The zero-order chi connectivity index (χ0) is 17.9. The standard InChI is InChI=1S/C17H33N5O2/c1-15(2)14-21(5)17(19-13-16(23)20(3)4)18-7-6-8-22-9-11-24-12-10-22/h1,6-14H2,2-5H3,(H,18,19). The number of hydrogen-bond acceptors (Lipinski definition) is 4. The van der Waals surface area contributed by atoms with E-state index >= 15 is 0 Å². The van der Waals surface area contributed by atoms with E-state index in [1.807, 2.05) is 18.9 Å². The van der Waals surface area contributed by atoms with E-state index in [9.17, 15) is 4.79 Å². The number of likely N-dealkylation sites (N-methyl/N-ethyl adjacent to an activating group) is 2. The minimum atomic E-state index is -0.00802. The molecule has 0 aliphatic carbocycles. The van der Waals surface area contributed by atoms with Crippen molar-refractivity contribution in [2.75, 3.05) is 73.6 Å². The first kappa shape index (κ1) is 20.4. The normalized spacial score (nSPS) is 15.9. The largest absolute Gasteiger partial charge is 0.379 e. The molecule has 0 saturated carbocycles. The molecule has 0 aromatic carbocycles. The second-order valence-electron chi connectivity index (χ2n) is 6.48. The van der Waals surface area contributed by atoms with Crippen LogP contribution in [0.25, 0.3) is 0 Å². The minimum Gasteiger partial charge on any atom is -0.379 e. The van der Waals surface area contributed by atoms with Gasteiger partial charge in [0.25, 0.3) is 0 Å². The number of aliphatic imine (C=N–C) groups is 1. The Morgan fingerprint density at radius 2 is 1.96 bits per heavy atom. The van der Waals surface area contributed by atoms with Gasteiger partial charge in [-0.1, -0.05) is 12.2 Å². The van der Waals surface area contributed by atoms with E-state index in [1.165, 1.54) is 0 Å². The van der Waals surface area contributed by atoms with E-state index < -0.39 is 0 Å². The van der Waals surface area contributed by atoms with Gasteiger partial charge in [-0.3, -0.25) is 9.69 Å². The first-order valence-electron chi connectivity index (χ1n) is 8.54. The first-order chi connectivity index (χ1) is 11.4. The van der Waals surface area contributed by atoms with Crippen molar-refractivity contribution >= 4 is 11.9 Å². The van der Waals surface area contributed by atoms with Crippen LogP contribution in [0.5, 0.6) is 0 Å². The van der Waals surface area contributed by atoms with Crippen LogP contribution >= 0.6 is 0 Å². The number of nitrogens with zero attached hydrogens (tertiary/aromatic N) is 4. The molecular formula is C17H33N5O2. The van der Waals surface area contributed by atoms with Crippen molar-refractivity contribution in [2.24, 2.45) is 4.99 Å². The molecule has 1 saturated heterocycles. The van der Waals surface area contributed by atoms with Crippen LogP contribution in [-0.4, -0.2) is 100 Å². The SMILES string of the molecule is C=C(C)CN(C)C(=NCC(=O)N(C)C)NCCCN1CCOCC1. The van der Waals surface area contributed by atoms with Crippen molar-refractivity contribution in [3.05, 3.63) is 12.2 Å². The Bertz CT molecular complexity index is 431. The van der Waals surface area contributed by atoms with E-state index in [1.54, 1.807) is 19.0 Å². The van der Waals surface area contributed by atoms with E-state index in [0.29, 0.717) is 6.54 Å². The van der Waals surface area contributed by atoms with Crippen LogP contribution in [0.4, 0.5) is 0 Å². The molecule has 0 atom stereocenters. The van der Waals surface area contributed by atoms with Crippen molar-refractivity contribution in [1.29, 1.82) is 0 Å². The molecule has 0 aromatic rings. The molecule has 1 rings (SSSR count). The second-order valence-corrected chi connectivity index (χ2v) is 6.48. The highest BCUT2D eigenvalue weighted by Crippen LogP contribution is 1.98. The molecule has 1 aliphatic rings. The maximum absolute atomic E-state index is 11.8. The van der Waals surface area contributed by atoms with Gasteiger partial charge in [0.15, 0.2) is 5.96 Å². The summed E-state index contributed by atoms with van der Waals surface area (Å²) in [5, 5.41) is 3.36. The quantitative estimate of drug-likeness (QED) is 0.297. The van der Waals surface area contributed by atoms with Crippen LogP contribution in [-0.2, 0) is 9.53 Å². The lowest BCUT2D eigenvalue weighted by Crippen LogP contribution is -2.42. The van der Waals surface area contributed by atoms with E-state index in [2.05, 4.69) is 21.8 Å². The fraction of sp³-hybridized carbons (Fsp3) is 0.765. The Balaban J connectivity index is 2.46. The van der Waals surface area contributed by atoms with Gasteiger partial charge in [0.2, 0.25) is 5.91 Å². The topological polar surface area (TPSA) is 60.4 Å². The monoisotopic (exact) mass is 339 g/mol. The third kappa shape index (κ3) is 8.31. The second kappa shape index (κ2) is 11.0. The smallest absolute Gasteiger partial charge is 0.243 e. The number of rotatable bonds is 8. The van der Waals surface area contributed by atoms with Gasteiger partial charge in [-0.2, -0.15) is 0 Å². The minimum absolute atomic E-state index is 0.00802. The number of morpholine rings is 1. The molecule has 24 heavy (non-hydrogen) atoms. The van der Waals surface area contributed by atoms with Gasteiger partial charge in [-0.25, -0.2) is 4.99 Å². The third-order valence-electron chi connectivity index (χ3n) is 3.77. The van der Waals surface area contributed by atoms with E-state index in [-0.39, 0.29) is 12.5 Å². The molecule has 0 bridgehead atoms. The number of amides is 1. The molecule has 1 amide bonds. The summed E-state index contributed by atoms with van der Waals surface area (Å²) in [6.07, 6.45) is 1.03. The predicted molar refractivity (Wildman–Crippen MR) is 98.3 cm³/mol. The number of hydrogen-bond donors (Lipinski definition) is 1. The number of guanidine groups is 1. The lowest BCUT2D eigenvalue weighted by Gasteiger charge is -2.27. The van der Waals surface area contributed by atoms with E-state index in [0.717, 1.165) is 57.3 Å². The van der Waals surface area contributed by atoms with Gasteiger partial charge in [0.05, 0.1) is 13.2 Å². The number of nitrogens with one attached hydrogen (secondary N) is 1. The molecule has 7 heteroatoms. The predicted octanol–water partition coefficient (Wildman–Crippen LogP) is 0.250. The molecule has 7 nitrogen and oxygen atoms in total. The van der Waals surface area contributed by atoms with Crippen molar-refractivity contribution in [3.8, 4) is 0 Å². The zero-order valence-corrected chi connectivity index (χ0v) is 15.7. The van der Waals surface area contributed by atoms with Crippen LogP contribution in [0.2, 0.25) is 0 Å². The van der Waals surface area contributed by atoms with E-state index in [4.69, 9.17) is 4.74 Å². The lowest BCUT2D eigenvalue weighted by atomic mass is 10.3. The fourth-order valence-corrected chi connectivity index (χ4v) is 2.40. The number of carbonyl (C=O) groups is 1. The van der Waals surface area contributed by atoms with Gasteiger partial charge in [-0.05, 0) is 19.9 Å². The summed E-state index contributed by atoms with van der Waals surface area (Å²) >= 11 is 0. The Kier molecular flexibility index (Phi) is 9.41. The first-order valence-corrected chi connectivity index (χ1v) is 8.54. The molecule has 0 aromatic heterocycles. The van der Waals surface area contributed by atoms with Gasteiger partial charge >= 0.3 is 0 Å². The maximum atomic E-state index is 11.8. The average molecular weight is 339 g/mol. The molecule has 1 heterocycles. The molecule has 138 valence electrons. The van der Waals surface area contributed by atoms with Crippen molar-refractivity contribution < 1.29 is 9.53 Å². The van der Waals surface area contributed by atoms with Crippen LogP contribution in [0.1, 0.15) is 13.3 Å². The summed E-state index contributed by atoms with van der Waals surface area (Å²) in [7, 11) is 5.44. The van der Waals surface area contributed by atoms with Crippen molar-refractivity contribution in [3.63, 3.8) is 0 Å². The highest BCUT2D eigenvalue weighted by molar-refractivity contribution is 5.84. The van der Waals surface area contributed by atoms with Crippen LogP contribution in [0, 0.1) is 0 Å². The van der Waals surface area contributed by atoms with Crippen molar-refractivity contribution in [2.45, 2.75) is 13.3 Å². The Hall–Kier alpha value is -1.60. The summed E-state index contributed by atoms with van der Waals surface area (Å²) in [4.78, 5) is 22.2. The Morgan fingerprint density at radius 3 is 2.54 bits per heavy atom. The highest BCUT2D eigenvalue weighted by atomic mass is 16.5. The molecule has 1 fully saturated rings. The summed E-state index contributed by atoms with van der Waals surface area (Å²) < 4.78 is 5.36. The van der Waals surface area contributed by atoms with Gasteiger partial charge < -0.3 is 19.9 Å².